The van der Waals surface area contributed by atoms with Gasteiger partial charge >= 0.3 is 38.9 Å². The molecule has 0 aromatic rings. The van der Waals surface area contributed by atoms with Crippen molar-refractivity contribution < 1.29 is 27.8 Å². The maximum Gasteiger partial charge on any atom is 0.324 e. The van der Waals surface area contributed by atoms with Gasteiger partial charge in [-0.25, -0.2) is 4.57 Å². The zero-order valence-electron chi connectivity index (χ0n) is 3.72. The van der Waals surface area contributed by atoms with Crippen LogP contribution in [0.3, 0.4) is 0 Å². The van der Waals surface area contributed by atoms with Crippen LogP contribution in [-0.2, 0) is 22.9 Å². The third-order valence-corrected chi connectivity index (χ3v) is 0. The second-order valence-corrected chi connectivity index (χ2v) is 2.84. The van der Waals surface area contributed by atoms with E-state index >= 15 is 0 Å². The van der Waals surface area contributed by atoms with Gasteiger partial charge in [-0.05, 0) is 0 Å². The summed E-state index contributed by atoms with van der Waals surface area (Å²) in [6, 6.07) is 0. The molecular formula is C2H6O2PZn. The second-order valence-electron chi connectivity index (χ2n) is 0.582. The maximum absolute atomic E-state index is 8.46. The summed E-state index contributed by atoms with van der Waals surface area (Å²) in [5.41, 5.74) is 0. The van der Waals surface area contributed by atoms with Gasteiger partial charge in [0.15, 0.2) is 0 Å². The van der Waals surface area contributed by atoms with Gasteiger partial charge in [-0.1, -0.05) is 0 Å². The van der Waals surface area contributed by atoms with Gasteiger partial charge in [0.25, 0.3) is 0 Å². The third kappa shape index (κ3) is 136. The van der Waals surface area contributed by atoms with Crippen LogP contribution in [0.25, 0.3) is 0 Å². The van der Waals surface area contributed by atoms with Crippen LogP contribution in [0.1, 0.15) is 6.92 Å². The molecule has 0 rings (SSSR count). The summed E-state index contributed by atoms with van der Waals surface area (Å²) >= 11 is 1.44. The molecule has 0 aliphatic rings. The normalized spacial score (nSPS) is 6.67. The Morgan fingerprint density at radius 3 is 2.00 bits per heavy atom. The molecule has 0 fully saturated rings. The molecule has 0 aliphatic heterocycles. The monoisotopic (exact) mass is 157 g/mol. The van der Waals surface area contributed by atoms with Crippen molar-refractivity contribution in [2.45, 2.75) is 11.9 Å². The molecule has 4 heteroatoms. The Bertz CT molecular complexity index is 25.5. The summed E-state index contributed by atoms with van der Waals surface area (Å²) in [5.74, 6) is 0. The van der Waals surface area contributed by atoms with E-state index in [1.807, 2.05) is 0 Å². The molecule has 0 amide bonds. The van der Waals surface area contributed by atoms with E-state index < -0.39 is 8.69 Å². The van der Waals surface area contributed by atoms with Crippen LogP contribution in [0.15, 0.2) is 0 Å². The first-order valence-corrected chi connectivity index (χ1v) is 4.45. The van der Waals surface area contributed by atoms with Crippen molar-refractivity contribution in [3.8, 4) is 0 Å². The van der Waals surface area contributed by atoms with E-state index in [0.29, 0.717) is 0 Å². The van der Waals surface area contributed by atoms with Gasteiger partial charge in [-0.2, -0.15) is 0 Å². The zero-order valence-corrected chi connectivity index (χ0v) is 7.58. The van der Waals surface area contributed by atoms with Crippen LogP contribution in [0.4, 0.5) is 0 Å². The molecule has 0 unspecified atom stereocenters. The zero-order chi connectivity index (χ0) is 5.41. The fourth-order valence-electron chi connectivity index (χ4n) is 0. The van der Waals surface area contributed by atoms with Crippen LogP contribution in [-0.4, -0.2) is 4.89 Å². The predicted molar refractivity (Wildman–Crippen MR) is 20.3 cm³/mol. The average Bonchev–Trinajstić information content (AvgIpc) is 1.39. The van der Waals surface area contributed by atoms with Crippen molar-refractivity contribution in [2.75, 3.05) is 0 Å². The number of hydrogen-bond acceptors (Lipinski definition) is 1. The smallest absolute Gasteiger partial charge is 0.310 e. The van der Waals surface area contributed by atoms with E-state index in [-0.39, 0.29) is 0 Å². The van der Waals surface area contributed by atoms with Crippen LogP contribution in [0, 0.1) is 0 Å². The Hall–Kier alpha value is 0.683. The van der Waals surface area contributed by atoms with Crippen molar-refractivity contribution in [1.82, 2.24) is 0 Å². The summed E-state index contributed by atoms with van der Waals surface area (Å²) in [5, 5.41) is 1.38. The molecule has 0 saturated carbocycles. The molecule has 2 nitrogen and oxygen atoms in total. The van der Waals surface area contributed by atoms with Crippen LogP contribution >= 0.6 is 8.69 Å². The molecular weight excluding hydrogens is 152 g/mol. The standard InChI is InChI=1S/C2H5.HO2P.Zn/c1-2;1-3-2;/h1H2,2H3;(H,1,2);. The van der Waals surface area contributed by atoms with Gasteiger partial charge in [0.05, 0.1) is 0 Å². The average molecular weight is 158 g/mol. The fraction of sp³-hybridized carbons (Fsp3) is 1.00. The van der Waals surface area contributed by atoms with E-state index in [2.05, 4.69) is 6.92 Å². The summed E-state index contributed by atoms with van der Waals surface area (Å²) in [7, 11) is -0.833. The van der Waals surface area contributed by atoms with Crippen LogP contribution in [0.5, 0.6) is 0 Å². The number of rotatable bonds is 0. The van der Waals surface area contributed by atoms with E-state index in [1.54, 1.807) is 0 Å². The van der Waals surface area contributed by atoms with Crippen LogP contribution in [0.2, 0.25) is 5.02 Å². The van der Waals surface area contributed by atoms with Gasteiger partial charge < -0.3 is 4.89 Å². The van der Waals surface area contributed by atoms with Crippen molar-refractivity contribution in [2.24, 2.45) is 0 Å². The topological polar surface area (TPSA) is 37.3 Å². The van der Waals surface area contributed by atoms with Gasteiger partial charge in [0.2, 0.25) is 0 Å². The first kappa shape index (κ1) is 9.84. The molecule has 0 heterocycles. The molecule has 0 spiro atoms. The summed E-state index contributed by atoms with van der Waals surface area (Å²) in [6.45, 7) is 2.18. The van der Waals surface area contributed by atoms with Crippen molar-refractivity contribution in [3.63, 3.8) is 0 Å². The summed E-state index contributed by atoms with van der Waals surface area (Å²) in [6.07, 6.45) is 0. The molecule has 0 aromatic carbocycles. The van der Waals surface area contributed by atoms with E-state index in [9.17, 15) is 0 Å². The molecule has 0 aliphatic carbocycles. The Labute approximate surface area is 48.9 Å². The predicted octanol–water partition coefficient (Wildman–Crippen LogP) is 1.16. The van der Waals surface area contributed by atoms with Crippen molar-refractivity contribution in [1.29, 1.82) is 0 Å². The maximum atomic E-state index is 8.46. The van der Waals surface area contributed by atoms with Gasteiger partial charge in [-0.15, -0.1) is 0 Å². The third-order valence-electron chi connectivity index (χ3n) is 0. The van der Waals surface area contributed by atoms with Gasteiger partial charge in [0.1, 0.15) is 0 Å². The first-order valence-electron chi connectivity index (χ1n) is 1.59. The molecule has 6 heavy (non-hydrogen) atoms. The molecule has 1 N–H and O–H groups in total. The quantitative estimate of drug-likeness (QED) is 0.424. The van der Waals surface area contributed by atoms with E-state index in [1.165, 1.54) is 23.3 Å². The molecule has 0 aromatic heterocycles. The van der Waals surface area contributed by atoms with Gasteiger partial charge in [-0.3, -0.25) is 0 Å². The minimum Gasteiger partial charge on any atom is -0.310 e. The second kappa shape index (κ2) is 17.3. The Morgan fingerprint density at radius 2 is 2.00 bits per heavy atom. The van der Waals surface area contributed by atoms with Crippen molar-refractivity contribution in [3.05, 3.63) is 0 Å². The first-order chi connectivity index (χ1) is 2.83. The van der Waals surface area contributed by atoms with E-state index in [0.717, 1.165) is 0 Å². The minimum absolute atomic E-state index is 0.833. The fourth-order valence-corrected chi connectivity index (χ4v) is 0. The Morgan fingerprint density at radius 1 is 2.00 bits per heavy atom. The molecule has 0 radical (unpaired) electrons. The van der Waals surface area contributed by atoms with Crippen molar-refractivity contribution >= 4 is 8.69 Å². The largest absolute Gasteiger partial charge is 0.324 e. The molecule has 0 saturated heterocycles. The number of hydrogen-bond donors (Lipinski definition) is 1. The van der Waals surface area contributed by atoms with Gasteiger partial charge in [0, 0.05) is 0 Å². The SMILES string of the molecule is C[CH2][Zn].O=PO. The Balaban J connectivity index is 0. The Kier molecular flexibility index (Phi) is 28.4. The molecule has 33 valence electrons. The minimum atomic E-state index is -0.833. The van der Waals surface area contributed by atoms with E-state index in [4.69, 9.17) is 9.46 Å². The van der Waals surface area contributed by atoms with Crippen LogP contribution < -0.4 is 0 Å². The summed E-state index contributed by atoms with van der Waals surface area (Å²) in [4.78, 5) is 6.99. The molecule has 0 bridgehead atoms. The molecule has 0 atom stereocenters. The summed E-state index contributed by atoms with van der Waals surface area (Å²) < 4.78 is 8.46.